The van der Waals surface area contributed by atoms with E-state index in [1.54, 1.807) is 30.5 Å². The highest BCUT2D eigenvalue weighted by Crippen LogP contribution is 2.30. The number of halogens is 4. The summed E-state index contributed by atoms with van der Waals surface area (Å²) in [6.45, 7) is 0.889. The van der Waals surface area contributed by atoms with Crippen molar-refractivity contribution >= 4 is 23.2 Å². The molecule has 0 unspecified atom stereocenters. The van der Waals surface area contributed by atoms with Crippen molar-refractivity contribution in [1.29, 1.82) is 0 Å². The van der Waals surface area contributed by atoms with Crippen LogP contribution in [0.3, 0.4) is 0 Å². The Morgan fingerprint density at radius 1 is 1.06 bits per heavy atom. The summed E-state index contributed by atoms with van der Waals surface area (Å²) in [5.41, 5.74) is 2.28. The van der Waals surface area contributed by atoms with Gasteiger partial charge in [0.05, 0.1) is 16.3 Å². The largest absolute Gasteiger partial charge is 0.416 e. The number of aromatic nitrogens is 1. The summed E-state index contributed by atoms with van der Waals surface area (Å²) in [7, 11) is 4.00. The Labute approximate surface area is 183 Å². The maximum Gasteiger partial charge on any atom is 0.416 e. The number of hydrogen-bond donors (Lipinski definition) is 1. The summed E-state index contributed by atoms with van der Waals surface area (Å²) in [6.07, 6.45) is -1.79. The first kappa shape index (κ1) is 22.8. The van der Waals surface area contributed by atoms with Gasteiger partial charge in [-0.2, -0.15) is 13.2 Å². The van der Waals surface area contributed by atoms with E-state index in [0.29, 0.717) is 16.3 Å². The first-order chi connectivity index (χ1) is 14.6. The highest BCUT2D eigenvalue weighted by Gasteiger charge is 2.30. The first-order valence-corrected chi connectivity index (χ1v) is 9.89. The molecule has 1 amide bonds. The van der Waals surface area contributed by atoms with Crippen molar-refractivity contribution in [2.45, 2.75) is 12.6 Å². The molecule has 1 N–H and O–H groups in total. The number of carbonyl (C=O) groups excluding carboxylic acids is 1. The molecule has 0 saturated heterocycles. The second-order valence-electron chi connectivity index (χ2n) is 7.33. The van der Waals surface area contributed by atoms with Crippen LogP contribution in [-0.2, 0) is 12.6 Å². The lowest BCUT2D eigenvalue weighted by atomic mass is 10.1. The molecule has 0 saturated carbocycles. The van der Waals surface area contributed by atoms with Gasteiger partial charge in [0, 0.05) is 29.6 Å². The molecule has 0 aliphatic heterocycles. The van der Waals surface area contributed by atoms with E-state index in [0.717, 1.165) is 36.2 Å². The maximum absolute atomic E-state index is 12.6. The molecule has 162 valence electrons. The van der Waals surface area contributed by atoms with Gasteiger partial charge in [-0.15, -0.1) is 0 Å². The SMILES string of the molecule is CN(C)CCc1cnc(-c2ccc(C(=O)Nc3ccc(C(F)(F)F)cc3)cc2)c(Cl)c1. The van der Waals surface area contributed by atoms with E-state index < -0.39 is 17.6 Å². The quantitative estimate of drug-likeness (QED) is 0.521. The lowest BCUT2D eigenvalue weighted by Crippen LogP contribution is -2.15. The van der Waals surface area contributed by atoms with Crippen molar-refractivity contribution in [3.05, 3.63) is 82.5 Å². The second kappa shape index (κ2) is 9.49. The first-order valence-electron chi connectivity index (χ1n) is 9.51. The standard InChI is InChI=1S/C23H21ClF3N3O/c1-30(2)12-11-15-13-20(24)21(28-14-15)16-3-5-17(6-4-16)22(31)29-19-9-7-18(8-10-19)23(25,26)27/h3-10,13-14H,11-12H2,1-2H3,(H,29,31). The summed E-state index contributed by atoms with van der Waals surface area (Å²) in [5.74, 6) is -0.426. The second-order valence-corrected chi connectivity index (χ2v) is 7.74. The van der Waals surface area contributed by atoms with Crippen molar-refractivity contribution in [2.24, 2.45) is 0 Å². The zero-order chi connectivity index (χ0) is 22.6. The van der Waals surface area contributed by atoms with E-state index in [1.165, 1.54) is 12.1 Å². The van der Waals surface area contributed by atoms with Crippen molar-refractivity contribution in [2.75, 3.05) is 26.0 Å². The number of carbonyl (C=O) groups is 1. The Balaban J connectivity index is 1.69. The number of rotatable bonds is 6. The van der Waals surface area contributed by atoms with Gasteiger partial charge in [-0.3, -0.25) is 9.78 Å². The van der Waals surface area contributed by atoms with Gasteiger partial charge in [-0.1, -0.05) is 23.7 Å². The summed E-state index contributed by atoms with van der Waals surface area (Å²) in [5, 5.41) is 3.11. The lowest BCUT2D eigenvalue weighted by Gasteiger charge is -2.11. The van der Waals surface area contributed by atoms with Crippen LogP contribution < -0.4 is 5.32 Å². The Morgan fingerprint density at radius 3 is 2.26 bits per heavy atom. The van der Waals surface area contributed by atoms with Gasteiger partial charge in [0.15, 0.2) is 0 Å². The monoisotopic (exact) mass is 447 g/mol. The number of benzene rings is 2. The minimum absolute atomic E-state index is 0.278. The molecule has 0 radical (unpaired) electrons. The molecule has 0 fully saturated rings. The number of likely N-dealkylation sites (N-methyl/N-ethyl adjacent to an activating group) is 1. The molecule has 1 heterocycles. The number of amides is 1. The van der Waals surface area contributed by atoms with Gasteiger partial charge in [0.1, 0.15) is 0 Å². The number of anilines is 1. The third-order valence-corrected chi connectivity index (χ3v) is 4.92. The molecule has 0 atom stereocenters. The third-order valence-electron chi connectivity index (χ3n) is 4.64. The van der Waals surface area contributed by atoms with Gasteiger partial charge >= 0.3 is 6.18 Å². The fourth-order valence-corrected chi connectivity index (χ4v) is 3.20. The van der Waals surface area contributed by atoms with E-state index in [9.17, 15) is 18.0 Å². The molecule has 1 aromatic heterocycles. The van der Waals surface area contributed by atoms with Crippen molar-refractivity contribution in [3.8, 4) is 11.3 Å². The fraction of sp³-hybridized carbons (Fsp3) is 0.217. The Kier molecular flexibility index (Phi) is 6.97. The Morgan fingerprint density at radius 2 is 1.71 bits per heavy atom. The highest BCUT2D eigenvalue weighted by atomic mass is 35.5. The van der Waals surface area contributed by atoms with Gasteiger partial charge in [-0.05, 0) is 68.5 Å². The average molecular weight is 448 g/mol. The Hall–Kier alpha value is -2.90. The van der Waals surface area contributed by atoms with Crippen LogP contribution in [0.4, 0.5) is 18.9 Å². The zero-order valence-corrected chi connectivity index (χ0v) is 17.8. The number of alkyl halides is 3. The smallest absolute Gasteiger partial charge is 0.322 e. The molecule has 0 aliphatic carbocycles. The van der Waals surface area contributed by atoms with Crippen LogP contribution >= 0.6 is 11.6 Å². The van der Waals surface area contributed by atoms with Crippen LogP contribution in [0.1, 0.15) is 21.5 Å². The van der Waals surface area contributed by atoms with Crippen LogP contribution in [0.15, 0.2) is 60.8 Å². The predicted octanol–water partition coefficient (Wildman–Crippen LogP) is 5.78. The van der Waals surface area contributed by atoms with Crippen LogP contribution in [0.25, 0.3) is 11.3 Å². The molecule has 3 aromatic rings. The topological polar surface area (TPSA) is 45.2 Å². The van der Waals surface area contributed by atoms with Gasteiger partial charge in [0.2, 0.25) is 0 Å². The van der Waals surface area contributed by atoms with E-state index in [-0.39, 0.29) is 5.69 Å². The van der Waals surface area contributed by atoms with Crippen LogP contribution in [0.5, 0.6) is 0 Å². The molecule has 0 spiro atoms. The Bertz CT molecular complexity index is 1050. The van der Waals surface area contributed by atoms with E-state index in [4.69, 9.17) is 11.6 Å². The molecular weight excluding hydrogens is 427 g/mol. The maximum atomic E-state index is 12.6. The minimum atomic E-state index is -4.42. The fourth-order valence-electron chi connectivity index (χ4n) is 2.90. The van der Waals surface area contributed by atoms with Crippen molar-refractivity contribution in [3.63, 3.8) is 0 Å². The summed E-state index contributed by atoms with van der Waals surface area (Å²) in [6, 6.07) is 12.9. The lowest BCUT2D eigenvalue weighted by molar-refractivity contribution is -0.137. The van der Waals surface area contributed by atoms with Crippen LogP contribution in [-0.4, -0.2) is 36.4 Å². The summed E-state index contributed by atoms with van der Waals surface area (Å²) in [4.78, 5) is 18.9. The van der Waals surface area contributed by atoms with Gasteiger partial charge < -0.3 is 10.2 Å². The van der Waals surface area contributed by atoms with Crippen molar-refractivity contribution in [1.82, 2.24) is 9.88 Å². The highest BCUT2D eigenvalue weighted by molar-refractivity contribution is 6.33. The summed E-state index contributed by atoms with van der Waals surface area (Å²) >= 11 is 6.40. The third kappa shape index (κ3) is 6.06. The van der Waals surface area contributed by atoms with E-state index in [1.807, 2.05) is 20.2 Å². The van der Waals surface area contributed by atoms with E-state index >= 15 is 0 Å². The number of nitrogens with zero attached hydrogens (tertiary/aromatic N) is 2. The average Bonchev–Trinajstić information content (AvgIpc) is 2.72. The van der Waals surface area contributed by atoms with E-state index in [2.05, 4.69) is 15.2 Å². The molecule has 0 aliphatic rings. The normalized spacial score (nSPS) is 11.6. The van der Waals surface area contributed by atoms with Crippen molar-refractivity contribution < 1.29 is 18.0 Å². The molecule has 0 bridgehead atoms. The zero-order valence-electron chi connectivity index (χ0n) is 17.0. The number of pyridine rings is 1. The number of nitrogens with one attached hydrogen (secondary N) is 1. The number of hydrogen-bond acceptors (Lipinski definition) is 3. The predicted molar refractivity (Wildman–Crippen MR) is 116 cm³/mol. The molecular formula is C23H21ClF3N3O. The summed E-state index contributed by atoms with van der Waals surface area (Å²) < 4.78 is 37.9. The van der Waals surface area contributed by atoms with Crippen LogP contribution in [0, 0.1) is 0 Å². The molecule has 4 nitrogen and oxygen atoms in total. The van der Waals surface area contributed by atoms with Gasteiger partial charge in [-0.25, -0.2) is 0 Å². The van der Waals surface area contributed by atoms with Gasteiger partial charge in [0.25, 0.3) is 5.91 Å². The van der Waals surface area contributed by atoms with Crippen LogP contribution in [0.2, 0.25) is 5.02 Å². The molecule has 2 aromatic carbocycles. The molecule has 8 heteroatoms. The minimum Gasteiger partial charge on any atom is -0.322 e. The molecule has 3 rings (SSSR count). The molecule has 31 heavy (non-hydrogen) atoms.